The van der Waals surface area contributed by atoms with Crippen molar-refractivity contribution in [3.63, 3.8) is 0 Å². The normalized spacial score (nSPS) is 11.5. The Hall–Kier alpha value is -2.03. The minimum atomic E-state index is -0.671. The number of halogens is 1. The van der Waals surface area contributed by atoms with E-state index in [9.17, 15) is 5.11 Å². The Morgan fingerprint density at radius 1 is 1.24 bits per heavy atom. The van der Waals surface area contributed by atoms with Gasteiger partial charge in [0.05, 0.1) is 11.3 Å². The van der Waals surface area contributed by atoms with E-state index in [1.165, 1.54) is 0 Å². The van der Waals surface area contributed by atoms with Gasteiger partial charge in [-0.1, -0.05) is 34.1 Å². The first-order chi connectivity index (χ1) is 10.2. The monoisotopic (exact) mass is 346 g/mol. The summed E-state index contributed by atoms with van der Waals surface area (Å²) in [6, 6.07) is 16.8. The quantitative estimate of drug-likeness (QED) is 0.842. The molecule has 1 unspecified atom stereocenters. The summed E-state index contributed by atoms with van der Waals surface area (Å²) >= 11 is 3.36. The number of rotatable bonds is 6. The molecule has 5 heteroatoms. The molecule has 0 aromatic heterocycles. The van der Waals surface area contributed by atoms with Gasteiger partial charge in [-0.3, -0.25) is 0 Å². The Kier molecular flexibility index (Phi) is 5.61. The number of anilines is 1. The second kappa shape index (κ2) is 7.67. The molecule has 2 aromatic carbocycles. The Morgan fingerprint density at radius 2 is 2.00 bits per heavy atom. The van der Waals surface area contributed by atoms with Crippen molar-refractivity contribution in [3.8, 4) is 11.8 Å². The van der Waals surface area contributed by atoms with Crippen molar-refractivity contribution < 1.29 is 9.84 Å². The predicted octanol–water partition coefficient (Wildman–Crippen LogP) is 3.17. The third kappa shape index (κ3) is 4.78. The van der Waals surface area contributed by atoms with Crippen LogP contribution in [0.1, 0.15) is 5.56 Å². The fourth-order valence-electron chi connectivity index (χ4n) is 1.76. The summed E-state index contributed by atoms with van der Waals surface area (Å²) in [7, 11) is 0. The number of ether oxygens (including phenoxy) is 1. The summed E-state index contributed by atoms with van der Waals surface area (Å²) in [6.07, 6.45) is -0.671. The molecule has 0 aliphatic carbocycles. The van der Waals surface area contributed by atoms with Crippen molar-refractivity contribution >= 4 is 21.6 Å². The molecule has 1 atom stereocenters. The lowest BCUT2D eigenvalue weighted by Gasteiger charge is -2.15. The van der Waals surface area contributed by atoms with Crippen LogP contribution in [0.15, 0.2) is 53.0 Å². The standard InChI is InChI=1S/C16H15BrN2O2/c17-13-7-6-12(9-18)16(8-13)19-10-14(20)11-21-15-4-2-1-3-5-15/h1-8,14,19-20H,10-11H2. The van der Waals surface area contributed by atoms with Crippen LogP contribution in [0, 0.1) is 11.3 Å². The molecule has 0 aliphatic rings. The van der Waals surface area contributed by atoms with Crippen LogP contribution < -0.4 is 10.1 Å². The Labute approximate surface area is 132 Å². The molecule has 108 valence electrons. The number of para-hydroxylation sites is 1. The average Bonchev–Trinajstić information content (AvgIpc) is 2.52. The third-order valence-corrected chi connectivity index (χ3v) is 3.31. The van der Waals surface area contributed by atoms with Gasteiger partial charge in [0, 0.05) is 11.0 Å². The van der Waals surface area contributed by atoms with E-state index in [-0.39, 0.29) is 6.61 Å². The zero-order valence-electron chi connectivity index (χ0n) is 11.3. The summed E-state index contributed by atoms with van der Waals surface area (Å²) in [6.45, 7) is 0.491. The molecule has 4 nitrogen and oxygen atoms in total. The lowest BCUT2D eigenvalue weighted by molar-refractivity contribution is 0.117. The molecule has 0 saturated carbocycles. The number of hydrogen-bond donors (Lipinski definition) is 2. The van der Waals surface area contributed by atoms with Gasteiger partial charge < -0.3 is 15.2 Å². The van der Waals surface area contributed by atoms with E-state index >= 15 is 0 Å². The lowest BCUT2D eigenvalue weighted by atomic mass is 10.2. The molecule has 0 aliphatic heterocycles. The zero-order valence-corrected chi connectivity index (χ0v) is 12.9. The highest BCUT2D eigenvalue weighted by Crippen LogP contribution is 2.20. The highest BCUT2D eigenvalue weighted by Gasteiger charge is 2.08. The predicted molar refractivity (Wildman–Crippen MR) is 85.3 cm³/mol. The topological polar surface area (TPSA) is 65.3 Å². The van der Waals surface area contributed by atoms with E-state index in [0.29, 0.717) is 17.8 Å². The maximum Gasteiger partial charge on any atom is 0.119 e. The smallest absolute Gasteiger partial charge is 0.119 e. The van der Waals surface area contributed by atoms with Crippen LogP contribution in [0.25, 0.3) is 0 Å². The number of nitrogens with zero attached hydrogens (tertiary/aromatic N) is 1. The van der Waals surface area contributed by atoms with E-state index in [1.807, 2.05) is 36.4 Å². The number of nitrogens with one attached hydrogen (secondary N) is 1. The average molecular weight is 347 g/mol. The number of hydrogen-bond acceptors (Lipinski definition) is 4. The molecule has 0 radical (unpaired) electrons. The highest BCUT2D eigenvalue weighted by molar-refractivity contribution is 9.10. The third-order valence-electron chi connectivity index (χ3n) is 2.82. The largest absolute Gasteiger partial charge is 0.491 e. The van der Waals surface area contributed by atoms with E-state index in [0.717, 1.165) is 10.2 Å². The molecule has 2 rings (SSSR count). The Morgan fingerprint density at radius 3 is 2.71 bits per heavy atom. The molecule has 0 spiro atoms. The number of aliphatic hydroxyl groups is 1. The zero-order chi connectivity index (χ0) is 15.1. The van der Waals surface area contributed by atoms with E-state index < -0.39 is 6.10 Å². The summed E-state index contributed by atoms with van der Waals surface area (Å²) in [4.78, 5) is 0. The summed E-state index contributed by atoms with van der Waals surface area (Å²) < 4.78 is 6.35. The lowest BCUT2D eigenvalue weighted by Crippen LogP contribution is -2.26. The number of aliphatic hydroxyl groups excluding tert-OH is 1. The van der Waals surface area contributed by atoms with Gasteiger partial charge in [-0.05, 0) is 30.3 Å². The maximum absolute atomic E-state index is 9.92. The minimum Gasteiger partial charge on any atom is -0.491 e. The van der Waals surface area contributed by atoms with Crippen molar-refractivity contribution in [2.24, 2.45) is 0 Å². The maximum atomic E-state index is 9.92. The van der Waals surface area contributed by atoms with Gasteiger partial charge >= 0.3 is 0 Å². The van der Waals surface area contributed by atoms with Gasteiger partial charge in [-0.25, -0.2) is 0 Å². The summed E-state index contributed by atoms with van der Waals surface area (Å²) in [5.74, 6) is 0.719. The number of benzene rings is 2. The molecule has 2 N–H and O–H groups in total. The molecule has 0 saturated heterocycles. The van der Waals surface area contributed by atoms with E-state index in [1.54, 1.807) is 12.1 Å². The Balaban J connectivity index is 1.85. The van der Waals surface area contributed by atoms with E-state index in [4.69, 9.17) is 10.00 Å². The molecule has 0 heterocycles. The molecular formula is C16H15BrN2O2. The van der Waals surface area contributed by atoms with E-state index in [2.05, 4.69) is 27.3 Å². The second-order valence-electron chi connectivity index (χ2n) is 4.46. The van der Waals surface area contributed by atoms with Crippen molar-refractivity contribution in [1.29, 1.82) is 5.26 Å². The van der Waals surface area contributed by atoms with Crippen LogP contribution >= 0.6 is 15.9 Å². The van der Waals surface area contributed by atoms with Gasteiger partial charge in [-0.2, -0.15) is 5.26 Å². The first-order valence-corrected chi connectivity index (χ1v) is 7.28. The Bertz CT molecular complexity index is 626. The van der Waals surface area contributed by atoms with Crippen LogP contribution in [0.4, 0.5) is 5.69 Å². The van der Waals surface area contributed by atoms with Crippen LogP contribution in [0.2, 0.25) is 0 Å². The van der Waals surface area contributed by atoms with Gasteiger partial charge in [0.1, 0.15) is 24.5 Å². The van der Waals surface area contributed by atoms with Gasteiger partial charge in [0.25, 0.3) is 0 Å². The van der Waals surface area contributed by atoms with Crippen LogP contribution in [0.5, 0.6) is 5.75 Å². The SMILES string of the molecule is N#Cc1ccc(Br)cc1NCC(O)COc1ccccc1. The number of nitriles is 1. The highest BCUT2D eigenvalue weighted by atomic mass is 79.9. The molecular weight excluding hydrogens is 332 g/mol. The van der Waals surface area contributed by atoms with Crippen LogP contribution in [-0.4, -0.2) is 24.4 Å². The van der Waals surface area contributed by atoms with Gasteiger partial charge in [0.15, 0.2) is 0 Å². The minimum absolute atomic E-state index is 0.187. The first kappa shape index (κ1) is 15.4. The van der Waals surface area contributed by atoms with Crippen molar-refractivity contribution in [3.05, 3.63) is 58.6 Å². The molecule has 0 fully saturated rings. The fraction of sp³-hybridized carbons (Fsp3) is 0.188. The van der Waals surface area contributed by atoms with Crippen molar-refractivity contribution in [2.45, 2.75) is 6.10 Å². The molecule has 21 heavy (non-hydrogen) atoms. The van der Waals surface area contributed by atoms with Crippen LogP contribution in [-0.2, 0) is 0 Å². The molecule has 0 bridgehead atoms. The van der Waals surface area contributed by atoms with Gasteiger partial charge in [-0.15, -0.1) is 0 Å². The summed E-state index contributed by atoms with van der Waals surface area (Å²) in [5, 5.41) is 22.0. The van der Waals surface area contributed by atoms with Crippen molar-refractivity contribution in [1.82, 2.24) is 0 Å². The summed E-state index contributed by atoms with van der Waals surface area (Å²) in [5.41, 5.74) is 1.22. The molecule has 2 aromatic rings. The van der Waals surface area contributed by atoms with Crippen LogP contribution in [0.3, 0.4) is 0 Å². The van der Waals surface area contributed by atoms with Crippen molar-refractivity contribution in [2.75, 3.05) is 18.5 Å². The first-order valence-electron chi connectivity index (χ1n) is 6.48. The fourth-order valence-corrected chi connectivity index (χ4v) is 2.12. The second-order valence-corrected chi connectivity index (χ2v) is 5.38. The molecule has 0 amide bonds. The van der Waals surface area contributed by atoms with Gasteiger partial charge in [0.2, 0.25) is 0 Å².